The van der Waals surface area contributed by atoms with Gasteiger partial charge in [-0.3, -0.25) is 0 Å². The van der Waals surface area contributed by atoms with Crippen molar-refractivity contribution >= 4 is 0 Å². The van der Waals surface area contributed by atoms with Crippen LogP contribution in [0.1, 0.15) is 39.0 Å². The second-order valence-corrected chi connectivity index (χ2v) is 2.89. The Hall–Kier alpha value is -0.560. The predicted molar refractivity (Wildman–Crippen MR) is 54.1 cm³/mol. The van der Waals surface area contributed by atoms with E-state index in [0.29, 0.717) is 0 Å². The topological polar surface area (TPSA) is 20.2 Å². The molecule has 1 nitrogen and oxygen atoms in total. The molecule has 0 aliphatic heterocycles. The SMILES string of the molecule is CCCCCC/C=C/C=C/CO. The Morgan fingerprint density at radius 2 is 1.75 bits per heavy atom. The van der Waals surface area contributed by atoms with Crippen LogP contribution in [0.25, 0.3) is 0 Å². The molecule has 0 unspecified atom stereocenters. The average molecular weight is 168 g/mol. The van der Waals surface area contributed by atoms with Crippen molar-refractivity contribution in [2.75, 3.05) is 6.61 Å². The van der Waals surface area contributed by atoms with Crippen molar-refractivity contribution in [3.8, 4) is 0 Å². The summed E-state index contributed by atoms with van der Waals surface area (Å²) in [6.45, 7) is 2.36. The van der Waals surface area contributed by atoms with Gasteiger partial charge < -0.3 is 5.11 Å². The van der Waals surface area contributed by atoms with Gasteiger partial charge in [0.05, 0.1) is 6.61 Å². The second-order valence-electron chi connectivity index (χ2n) is 2.89. The lowest BCUT2D eigenvalue weighted by atomic mass is 10.1. The minimum atomic E-state index is 0.139. The van der Waals surface area contributed by atoms with E-state index in [1.165, 1.54) is 25.7 Å². The molecule has 0 bridgehead atoms. The monoisotopic (exact) mass is 168 g/mol. The fraction of sp³-hybridized carbons (Fsp3) is 0.636. The fourth-order valence-corrected chi connectivity index (χ4v) is 1.00. The quantitative estimate of drug-likeness (QED) is 0.457. The maximum absolute atomic E-state index is 8.42. The number of allylic oxidation sites excluding steroid dienone is 3. The molecule has 0 amide bonds. The molecule has 0 aromatic carbocycles. The zero-order chi connectivity index (χ0) is 9.07. The Kier molecular flexibility index (Phi) is 9.95. The van der Waals surface area contributed by atoms with Crippen molar-refractivity contribution in [2.24, 2.45) is 0 Å². The zero-order valence-corrected chi connectivity index (χ0v) is 8.00. The highest BCUT2D eigenvalue weighted by Crippen LogP contribution is 2.02. The van der Waals surface area contributed by atoms with E-state index >= 15 is 0 Å². The molecular formula is C11H20O. The lowest BCUT2D eigenvalue weighted by molar-refractivity contribution is 0.343. The maximum atomic E-state index is 8.42. The van der Waals surface area contributed by atoms with Crippen LogP contribution in [0, 0.1) is 0 Å². The van der Waals surface area contributed by atoms with Gasteiger partial charge in [-0.15, -0.1) is 0 Å². The van der Waals surface area contributed by atoms with E-state index in [4.69, 9.17) is 5.11 Å². The van der Waals surface area contributed by atoms with Crippen LogP contribution in [0.2, 0.25) is 0 Å². The van der Waals surface area contributed by atoms with Gasteiger partial charge in [-0.05, 0) is 12.8 Å². The molecule has 0 aliphatic carbocycles. The van der Waals surface area contributed by atoms with E-state index in [0.717, 1.165) is 6.42 Å². The van der Waals surface area contributed by atoms with Crippen LogP contribution >= 0.6 is 0 Å². The molecule has 0 aromatic heterocycles. The van der Waals surface area contributed by atoms with Crippen LogP contribution in [0.4, 0.5) is 0 Å². The molecular weight excluding hydrogens is 148 g/mol. The van der Waals surface area contributed by atoms with Gasteiger partial charge in [-0.2, -0.15) is 0 Å². The molecule has 12 heavy (non-hydrogen) atoms. The van der Waals surface area contributed by atoms with E-state index in [1.54, 1.807) is 6.08 Å². The Morgan fingerprint density at radius 1 is 1.00 bits per heavy atom. The normalized spacial score (nSPS) is 11.8. The Balaban J connectivity index is 3.07. The Morgan fingerprint density at radius 3 is 2.42 bits per heavy atom. The lowest BCUT2D eigenvalue weighted by Crippen LogP contribution is -1.73. The summed E-state index contributed by atoms with van der Waals surface area (Å²) in [6.07, 6.45) is 14.2. The summed E-state index contributed by atoms with van der Waals surface area (Å²) in [4.78, 5) is 0. The van der Waals surface area contributed by atoms with Gasteiger partial charge in [0, 0.05) is 0 Å². The number of aliphatic hydroxyl groups is 1. The fourth-order valence-electron chi connectivity index (χ4n) is 1.00. The molecule has 0 saturated heterocycles. The van der Waals surface area contributed by atoms with Crippen LogP contribution in [-0.2, 0) is 0 Å². The van der Waals surface area contributed by atoms with Crippen molar-refractivity contribution in [1.82, 2.24) is 0 Å². The summed E-state index contributed by atoms with van der Waals surface area (Å²) in [7, 11) is 0. The summed E-state index contributed by atoms with van der Waals surface area (Å²) in [5.74, 6) is 0. The molecule has 0 heterocycles. The molecule has 0 spiro atoms. The van der Waals surface area contributed by atoms with Crippen LogP contribution in [0.3, 0.4) is 0 Å². The van der Waals surface area contributed by atoms with Gasteiger partial charge in [0.1, 0.15) is 0 Å². The molecule has 0 fully saturated rings. The van der Waals surface area contributed by atoms with Crippen LogP contribution in [0.15, 0.2) is 24.3 Å². The first kappa shape index (κ1) is 11.4. The van der Waals surface area contributed by atoms with Crippen molar-refractivity contribution < 1.29 is 5.11 Å². The van der Waals surface area contributed by atoms with Crippen LogP contribution < -0.4 is 0 Å². The third-order valence-corrected chi connectivity index (χ3v) is 1.71. The van der Waals surface area contributed by atoms with Gasteiger partial charge in [0.15, 0.2) is 0 Å². The van der Waals surface area contributed by atoms with Crippen molar-refractivity contribution in [3.63, 3.8) is 0 Å². The summed E-state index contributed by atoms with van der Waals surface area (Å²) >= 11 is 0. The summed E-state index contributed by atoms with van der Waals surface area (Å²) in [5, 5.41) is 8.42. The Labute approximate surface area is 75.8 Å². The van der Waals surface area contributed by atoms with Gasteiger partial charge >= 0.3 is 0 Å². The summed E-state index contributed by atoms with van der Waals surface area (Å²) < 4.78 is 0. The van der Waals surface area contributed by atoms with E-state index in [1.807, 2.05) is 12.2 Å². The Bertz CT molecular complexity index is 125. The van der Waals surface area contributed by atoms with E-state index < -0.39 is 0 Å². The number of hydrogen-bond donors (Lipinski definition) is 1. The van der Waals surface area contributed by atoms with Gasteiger partial charge in [-0.25, -0.2) is 0 Å². The molecule has 70 valence electrons. The third kappa shape index (κ3) is 9.44. The summed E-state index contributed by atoms with van der Waals surface area (Å²) in [6, 6.07) is 0. The molecule has 0 saturated carbocycles. The number of aliphatic hydroxyl groups excluding tert-OH is 1. The first-order chi connectivity index (χ1) is 5.91. The standard InChI is InChI=1S/C11H20O/c1-2-3-4-5-6-7-8-9-10-11-12/h7-10,12H,2-6,11H2,1H3/b8-7+,10-9+. The highest BCUT2D eigenvalue weighted by molar-refractivity contribution is 5.02. The second kappa shape index (κ2) is 10.4. The third-order valence-electron chi connectivity index (χ3n) is 1.71. The highest BCUT2D eigenvalue weighted by atomic mass is 16.2. The van der Waals surface area contributed by atoms with Crippen molar-refractivity contribution in [1.29, 1.82) is 0 Å². The van der Waals surface area contributed by atoms with Crippen LogP contribution in [-0.4, -0.2) is 11.7 Å². The minimum absolute atomic E-state index is 0.139. The van der Waals surface area contributed by atoms with Gasteiger partial charge in [0.2, 0.25) is 0 Å². The highest BCUT2D eigenvalue weighted by Gasteiger charge is 1.82. The number of unbranched alkanes of at least 4 members (excludes halogenated alkanes) is 4. The average Bonchev–Trinajstić information content (AvgIpc) is 2.10. The molecule has 1 heteroatoms. The zero-order valence-electron chi connectivity index (χ0n) is 8.00. The minimum Gasteiger partial charge on any atom is -0.392 e. The lowest BCUT2D eigenvalue weighted by Gasteiger charge is -1.92. The molecule has 0 radical (unpaired) electrons. The first-order valence-corrected chi connectivity index (χ1v) is 4.84. The van der Waals surface area contributed by atoms with E-state index in [9.17, 15) is 0 Å². The molecule has 0 aromatic rings. The number of hydrogen-bond acceptors (Lipinski definition) is 1. The first-order valence-electron chi connectivity index (χ1n) is 4.84. The van der Waals surface area contributed by atoms with E-state index in [2.05, 4.69) is 13.0 Å². The number of rotatable bonds is 7. The predicted octanol–water partition coefficient (Wildman–Crippen LogP) is 3.06. The van der Waals surface area contributed by atoms with Gasteiger partial charge in [-0.1, -0.05) is 50.5 Å². The molecule has 1 N–H and O–H groups in total. The van der Waals surface area contributed by atoms with Crippen LogP contribution in [0.5, 0.6) is 0 Å². The summed E-state index contributed by atoms with van der Waals surface area (Å²) in [5.41, 5.74) is 0. The molecule has 0 aliphatic rings. The van der Waals surface area contributed by atoms with E-state index in [-0.39, 0.29) is 6.61 Å². The smallest absolute Gasteiger partial charge is 0.0615 e. The molecule has 0 rings (SSSR count). The van der Waals surface area contributed by atoms with Crippen molar-refractivity contribution in [3.05, 3.63) is 24.3 Å². The van der Waals surface area contributed by atoms with Gasteiger partial charge in [0.25, 0.3) is 0 Å². The molecule has 0 atom stereocenters. The van der Waals surface area contributed by atoms with Crippen molar-refractivity contribution in [2.45, 2.75) is 39.0 Å². The maximum Gasteiger partial charge on any atom is 0.0615 e. The largest absolute Gasteiger partial charge is 0.392 e.